The summed E-state index contributed by atoms with van der Waals surface area (Å²) < 4.78 is 4.43. The van der Waals surface area contributed by atoms with Crippen molar-refractivity contribution in [2.45, 2.75) is 33.4 Å². The molecule has 0 fully saturated rings. The third-order valence-electron chi connectivity index (χ3n) is 2.84. The van der Waals surface area contributed by atoms with Crippen molar-refractivity contribution >= 4 is 21.8 Å². The SMILES string of the molecule is Cc1cnn(CCCNC(=O)Cn2cc(Br)c(C)n2)c1. The molecule has 7 heteroatoms. The second kappa shape index (κ2) is 6.69. The summed E-state index contributed by atoms with van der Waals surface area (Å²) in [6.45, 7) is 5.59. The van der Waals surface area contributed by atoms with Crippen LogP contribution in [0.4, 0.5) is 0 Å². The lowest BCUT2D eigenvalue weighted by Gasteiger charge is -2.05. The highest BCUT2D eigenvalue weighted by atomic mass is 79.9. The Morgan fingerprint density at radius 1 is 1.35 bits per heavy atom. The van der Waals surface area contributed by atoms with E-state index in [9.17, 15) is 4.79 Å². The maximum atomic E-state index is 11.7. The Hall–Kier alpha value is -1.63. The Kier molecular flexibility index (Phi) is 4.94. The Balaban J connectivity index is 1.67. The summed E-state index contributed by atoms with van der Waals surface area (Å²) in [5.41, 5.74) is 2.03. The lowest BCUT2D eigenvalue weighted by molar-refractivity contribution is -0.121. The summed E-state index contributed by atoms with van der Waals surface area (Å²) in [6, 6.07) is 0. The molecule has 1 N–H and O–H groups in total. The largest absolute Gasteiger partial charge is 0.354 e. The van der Waals surface area contributed by atoms with Crippen LogP contribution in [-0.4, -0.2) is 32.0 Å². The van der Waals surface area contributed by atoms with Gasteiger partial charge in [0.05, 0.1) is 16.4 Å². The summed E-state index contributed by atoms with van der Waals surface area (Å²) in [6.07, 6.45) is 6.48. The molecule has 0 aliphatic heterocycles. The zero-order valence-electron chi connectivity index (χ0n) is 11.6. The minimum Gasteiger partial charge on any atom is -0.354 e. The first-order chi connectivity index (χ1) is 9.54. The summed E-state index contributed by atoms with van der Waals surface area (Å²) >= 11 is 3.37. The fraction of sp³-hybridized carbons (Fsp3) is 0.462. The molecule has 0 aliphatic carbocycles. The average molecular weight is 340 g/mol. The summed E-state index contributed by atoms with van der Waals surface area (Å²) in [4.78, 5) is 11.7. The molecule has 2 aromatic rings. The molecule has 0 bridgehead atoms. The molecule has 2 rings (SSSR count). The van der Waals surface area contributed by atoms with Gasteiger partial charge in [0, 0.05) is 25.5 Å². The van der Waals surface area contributed by atoms with Gasteiger partial charge in [-0.05, 0) is 41.8 Å². The second-order valence-corrected chi connectivity index (χ2v) is 5.60. The van der Waals surface area contributed by atoms with Gasteiger partial charge in [-0.2, -0.15) is 10.2 Å². The predicted octanol–water partition coefficient (Wildman–Crippen LogP) is 1.67. The van der Waals surface area contributed by atoms with E-state index in [4.69, 9.17) is 0 Å². The number of carbonyl (C=O) groups excluding carboxylic acids is 1. The molecule has 0 atom stereocenters. The van der Waals surface area contributed by atoms with Gasteiger partial charge < -0.3 is 5.32 Å². The fourth-order valence-electron chi connectivity index (χ4n) is 1.84. The van der Waals surface area contributed by atoms with Crippen LogP contribution < -0.4 is 5.32 Å². The monoisotopic (exact) mass is 339 g/mol. The van der Waals surface area contributed by atoms with Crippen LogP contribution in [0.1, 0.15) is 17.7 Å². The maximum absolute atomic E-state index is 11.7. The number of hydrogen-bond donors (Lipinski definition) is 1. The van der Waals surface area contributed by atoms with E-state index in [0.29, 0.717) is 6.54 Å². The van der Waals surface area contributed by atoms with Gasteiger partial charge in [-0.1, -0.05) is 0 Å². The van der Waals surface area contributed by atoms with E-state index >= 15 is 0 Å². The van der Waals surface area contributed by atoms with E-state index in [-0.39, 0.29) is 12.5 Å². The van der Waals surface area contributed by atoms with Gasteiger partial charge in [0.2, 0.25) is 5.91 Å². The smallest absolute Gasteiger partial charge is 0.241 e. The van der Waals surface area contributed by atoms with Crippen molar-refractivity contribution in [1.29, 1.82) is 0 Å². The van der Waals surface area contributed by atoms with Crippen molar-refractivity contribution in [2.75, 3.05) is 6.54 Å². The van der Waals surface area contributed by atoms with Gasteiger partial charge in [0.15, 0.2) is 0 Å². The lowest BCUT2D eigenvalue weighted by Crippen LogP contribution is -2.29. The van der Waals surface area contributed by atoms with Gasteiger partial charge in [0.1, 0.15) is 6.54 Å². The normalized spacial score (nSPS) is 10.8. The lowest BCUT2D eigenvalue weighted by atomic mass is 10.4. The Bertz CT molecular complexity index is 570. The van der Waals surface area contributed by atoms with Crippen LogP contribution in [0, 0.1) is 13.8 Å². The summed E-state index contributed by atoms with van der Waals surface area (Å²) in [5.74, 6) is -0.0309. The van der Waals surface area contributed by atoms with Crippen LogP contribution in [0.3, 0.4) is 0 Å². The molecule has 6 nitrogen and oxygen atoms in total. The van der Waals surface area contributed by atoms with Crippen molar-refractivity contribution in [3.05, 3.63) is 34.3 Å². The fourth-order valence-corrected chi connectivity index (χ4v) is 2.15. The van der Waals surface area contributed by atoms with Crippen LogP contribution in [0.15, 0.2) is 23.1 Å². The molecule has 1 amide bonds. The van der Waals surface area contributed by atoms with Crippen LogP contribution in [-0.2, 0) is 17.9 Å². The average Bonchev–Trinajstić information content (AvgIpc) is 2.92. The minimum absolute atomic E-state index is 0.0309. The first-order valence-corrected chi connectivity index (χ1v) is 7.29. The Labute approximate surface area is 126 Å². The molecule has 0 saturated carbocycles. The number of rotatable bonds is 6. The highest BCUT2D eigenvalue weighted by Gasteiger charge is 2.06. The van der Waals surface area contributed by atoms with E-state index in [0.717, 1.165) is 28.7 Å². The van der Waals surface area contributed by atoms with E-state index in [1.165, 1.54) is 0 Å². The predicted molar refractivity (Wildman–Crippen MR) is 79.3 cm³/mol. The molecule has 0 unspecified atom stereocenters. The van der Waals surface area contributed by atoms with Gasteiger partial charge >= 0.3 is 0 Å². The molecule has 0 radical (unpaired) electrons. The molecular formula is C13H18BrN5O. The number of halogens is 1. The summed E-state index contributed by atoms with van der Waals surface area (Å²) in [7, 11) is 0. The third kappa shape index (κ3) is 4.19. The zero-order chi connectivity index (χ0) is 14.5. The Morgan fingerprint density at radius 3 is 2.75 bits per heavy atom. The van der Waals surface area contributed by atoms with E-state index in [1.807, 2.05) is 30.9 Å². The topological polar surface area (TPSA) is 64.7 Å². The van der Waals surface area contributed by atoms with Crippen LogP contribution in [0.2, 0.25) is 0 Å². The molecule has 0 aromatic carbocycles. The van der Waals surface area contributed by atoms with Crippen molar-refractivity contribution in [2.24, 2.45) is 0 Å². The van der Waals surface area contributed by atoms with Crippen molar-refractivity contribution in [1.82, 2.24) is 24.9 Å². The Morgan fingerprint density at radius 2 is 2.15 bits per heavy atom. The first kappa shape index (κ1) is 14.8. The quantitative estimate of drug-likeness (QED) is 0.814. The van der Waals surface area contributed by atoms with Crippen molar-refractivity contribution in [3.63, 3.8) is 0 Å². The zero-order valence-corrected chi connectivity index (χ0v) is 13.2. The maximum Gasteiger partial charge on any atom is 0.241 e. The number of aryl methyl sites for hydroxylation is 3. The summed E-state index contributed by atoms with van der Waals surface area (Å²) in [5, 5.41) is 11.3. The molecular weight excluding hydrogens is 322 g/mol. The number of amides is 1. The van der Waals surface area contributed by atoms with Gasteiger partial charge in [0.25, 0.3) is 0 Å². The standard InChI is InChI=1S/C13H18BrN5O/c1-10-6-16-18(7-10)5-3-4-15-13(20)9-19-8-12(14)11(2)17-19/h6-8H,3-5,9H2,1-2H3,(H,15,20). The van der Waals surface area contributed by atoms with E-state index < -0.39 is 0 Å². The second-order valence-electron chi connectivity index (χ2n) is 4.74. The van der Waals surface area contributed by atoms with Crippen molar-refractivity contribution in [3.8, 4) is 0 Å². The molecule has 0 saturated heterocycles. The number of aromatic nitrogens is 4. The van der Waals surface area contributed by atoms with Crippen LogP contribution in [0.25, 0.3) is 0 Å². The molecule has 0 aliphatic rings. The highest BCUT2D eigenvalue weighted by Crippen LogP contribution is 2.12. The first-order valence-electron chi connectivity index (χ1n) is 6.50. The minimum atomic E-state index is -0.0309. The molecule has 2 heterocycles. The number of carbonyl (C=O) groups is 1. The van der Waals surface area contributed by atoms with Crippen LogP contribution >= 0.6 is 15.9 Å². The van der Waals surface area contributed by atoms with Gasteiger partial charge in [-0.25, -0.2) is 0 Å². The molecule has 2 aromatic heterocycles. The number of hydrogen-bond acceptors (Lipinski definition) is 3. The number of nitrogens with one attached hydrogen (secondary N) is 1. The van der Waals surface area contributed by atoms with E-state index in [2.05, 4.69) is 31.4 Å². The molecule has 108 valence electrons. The highest BCUT2D eigenvalue weighted by molar-refractivity contribution is 9.10. The van der Waals surface area contributed by atoms with Gasteiger partial charge in [-0.3, -0.25) is 14.2 Å². The van der Waals surface area contributed by atoms with Gasteiger partial charge in [-0.15, -0.1) is 0 Å². The van der Waals surface area contributed by atoms with Crippen molar-refractivity contribution < 1.29 is 4.79 Å². The third-order valence-corrected chi connectivity index (χ3v) is 3.62. The van der Waals surface area contributed by atoms with Crippen LogP contribution in [0.5, 0.6) is 0 Å². The molecule has 0 spiro atoms. The van der Waals surface area contributed by atoms with E-state index in [1.54, 1.807) is 10.9 Å². The number of nitrogens with zero attached hydrogens (tertiary/aromatic N) is 4. The molecule has 20 heavy (non-hydrogen) atoms.